The molecule has 8 nitrogen and oxygen atoms in total. The number of carbonyl (C=O) groups excluding carboxylic acids is 2. The van der Waals surface area contributed by atoms with Gasteiger partial charge in [0.1, 0.15) is 31.0 Å². The first kappa shape index (κ1) is 28.9. The van der Waals surface area contributed by atoms with Gasteiger partial charge in [-0.25, -0.2) is 9.59 Å². The van der Waals surface area contributed by atoms with E-state index in [4.69, 9.17) is 9.47 Å². The highest BCUT2D eigenvalue weighted by atomic mass is 16.5. The van der Waals surface area contributed by atoms with Crippen molar-refractivity contribution in [1.82, 2.24) is 10.6 Å². The molecule has 210 valence electrons. The summed E-state index contributed by atoms with van der Waals surface area (Å²) in [6, 6.07) is 32.8. The molecule has 0 saturated carbocycles. The van der Waals surface area contributed by atoms with E-state index < -0.39 is 30.1 Å². The minimum Gasteiger partial charge on any atom is -0.489 e. The summed E-state index contributed by atoms with van der Waals surface area (Å²) in [6.07, 6.45) is -0.595. The first-order chi connectivity index (χ1) is 20.0. The maximum absolute atomic E-state index is 13.3. The van der Waals surface area contributed by atoms with Crippen molar-refractivity contribution in [1.29, 1.82) is 0 Å². The summed E-state index contributed by atoms with van der Waals surface area (Å²) < 4.78 is 11.2. The third-order valence-corrected chi connectivity index (χ3v) is 6.31. The molecule has 0 aliphatic heterocycles. The third-order valence-electron chi connectivity index (χ3n) is 6.31. The number of alkyl carbamates (subject to hydrolysis) is 1. The molecule has 2 atom stereocenters. The average Bonchev–Trinajstić information content (AvgIpc) is 3.00. The van der Waals surface area contributed by atoms with Gasteiger partial charge in [0.25, 0.3) is 0 Å². The van der Waals surface area contributed by atoms with Crippen molar-refractivity contribution in [2.75, 3.05) is 0 Å². The van der Waals surface area contributed by atoms with Gasteiger partial charge in [0.15, 0.2) is 0 Å². The molecule has 0 spiro atoms. The molecule has 4 aromatic rings. The summed E-state index contributed by atoms with van der Waals surface area (Å²) in [5.41, 5.74) is 3.28. The van der Waals surface area contributed by atoms with Crippen LogP contribution >= 0.6 is 0 Å². The number of carboxylic acids is 1. The lowest BCUT2D eigenvalue weighted by molar-refractivity contribution is -0.142. The van der Waals surface area contributed by atoms with Crippen LogP contribution in [0.5, 0.6) is 5.75 Å². The molecule has 0 saturated heterocycles. The van der Waals surface area contributed by atoms with E-state index >= 15 is 0 Å². The van der Waals surface area contributed by atoms with E-state index in [0.29, 0.717) is 17.9 Å². The fourth-order valence-corrected chi connectivity index (χ4v) is 4.18. The van der Waals surface area contributed by atoms with Crippen molar-refractivity contribution in [2.45, 2.75) is 38.1 Å². The second-order valence-corrected chi connectivity index (χ2v) is 9.47. The van der Waals surface area contributed by atoms with Crippen LogP contribution in [-0.4, -0.2) is 35.2 Å². The van der Waals surface area contributed by atoms with Crippen LogP contribution in [0.15, 0.2) is 115 Å². The normalized spacial score (nSPS) is 12.0. The van der Waals surface area contributed by atoms with Gasteiger partial charge < -0.3 is 25.2 Å². The zero-order chi connectivity index (χ0) is 28.9. The highest BCUT2D eigenvalue weighted by molar-refractivity contribution is 5.89. The Morgan fingerprint density at radius 3 is 1.76 bits per heavy atom. The van der Waals surface area contributed by atoms with Gasteiger partial charge in [0, 0.05) is 12.8 Å². The molecular weight excluding hydrogens is 520 g/mol. The van der Waals surface area contributed by atoms with E-state index in [1.54, 1.807) is 24.3 Å². The zero-order valence-electron chi connectivity index (χ0n) is 22.4. The van der Waals surface area contributed by atoms with E-state index in [1.165, 1.54) is 0 Å². The standard InChI is InChI=1S/C33H32N2O6/c36-31(29(20-24-11-4-1-5-12-24)35-33(39)41-23-26-15-8-3-9-16-26)34-30(32(37)38)21-27-17-10-18-28(19-27)40-22-25-13-6-2-7-14-25/h1-19,29-30H,20-23H2,(H,34,36)(H,35,39)(H,37,38)/t29-,30+/m0/s1. The molecule has 4 rings (SSSR count). The van der Waals surface area contributed by atoms with Crippen LogP contribution in [0.3, 0.4) is 0 Å². The summed E-state index contributed by atoms with van der Waals surface area (Å²) in [7, 11) is 0. The number of benzene rings is 4. The smallest absolute Gasteiger partial charge is 0.408 e. The molecule has 8 heteroatoms. The average molecular weight is 553 g/mol. The minimum atomic E-state index is -1.23. The van der Waals surface area contributed by atoms with Gasteiger partial charge in [0.05, 0.1) is 0 Å². The van der Waals surface area contributed by atoms with E-state index in [2.05, 4.69) is 10.6 Å². The zero-order valence-corrected chi connectivity index (χ0v) is 22.4. The first-order valence-electron chi connectivity index (χ1n) is 13.3. The Kier molecular flexibility index (Phi) is 10.5. The largest absolute Gasteiger partial charge is 0.489 e. The number of rotatable bonds is 13. The van der Waals surface area contributed by atoms with Crippen molar-refractivity contribution in [3.8, 4) is 5.75 Å². The number of amides is 2. The van der Waals surface area contributed by atoms with Crippen molar-refractivity contribution in [3.63, 3.8) is 0 Å². The third kappa shape index (κ3) is 9.54. The van der Waals surface area contributed by atoms with Crippen LogP contribution in [0.25, 0.3) is 0 Å². The summed E-state index contributed by atoms with van der Waals surface area (Å²) >= 11 is 0. The van der Waals surface area contributed by atoms with Crippen LogP contribution in [0.2, 0.25) is 0 Å². The fraction of sp³-hybridized carbons (Fsp3) is 0.182. The highest BCUT2D eigenvalue weighted by Crippen LogP contribution is 2.17. The first-order valence-corrected chi connectivity index (χ1v) is 13.3. The van der Waals surface area contributed by atoms with Crippen LogP contribution in [-0.2, 0) is 40.4 Å². The fourth-order valence-electron chi connectivity index (χ4n) is 4.18. The lowest BCUT2D eigenvalue weighted by Gasteiger charge is -2.22. The predicted octanol–water partition coefficient (Wildman–Crippen LogP) is 4.92. The maximum atomic E-state index is 13.3. The van der Waals surface area contributed by atoms with Crippen molar-refractivity contribution >= 4 is 18.0 Å². The summed E-state index contributed by atoms with van der Waals surface area (Å²) in [5, 5.41) is 15.1. The Morgan fingerprint density at radius 1 is 0.610 bits per heavy atom. The second kappa shape index (κ2) is 14.9. The molecule has 0 aliphatic carbocycles. The second-order valence-electron chi connectivity index (χ2n) is 9.47. The number of hydrogen-bond acceptors (Lipinski definition) is 5. The number of hydrogen-bond donors (Lipinski definition) is 3. The Balaban J connectivity index is 1.40. The Labute approximate surface area is 238 Å². The molecule has 2 amide bonds. The lowest BCUT2D eigenvalue weighted by atomic mass is 10.0. The van der Waals surface area contributed by atoms with E-state index in [1.807, 2.05) is 91.0 Å². The molecule has 0 fully saturated rings. The number of aliphatic carboxylic acids is 1. The molecule has 0 heterocycles. The summed E-state index contributed by atoms with van der Waals surface area (Å²) in [6.45, 7) is 0.406. The van der Waals surface area contributed by atoms with Gasteiger partial charge in [-0.2, -0.15) is 0 Å². The number of carboxylic acid groups (broad SMARTS) is 1. The van der Waals surface area contributed by atoms with Crippen molar-refractivity contribution in [3.05, 3.63) is 138 Å². The molecule has 3 N–H and O–H groups in total. The van der Waals surface area contributed by atoms with E-state index in [9.17, 15) is 19.5 Å². The van der Waals surface area contributed by atoms with E-state index in [0.717, 1.165) is 16.7 Å². The molecule has 0 unspecified atom stereocenters. The summed E-state index contributed by atoms with van der Waals surface area (Å²) in [4.78, 5) is 38.0. The Bertz CT molecular complexity index is 1410. The quantitative estimate of drug-likeness (QED) is 0.217. The topological polar surface area (TPSA) is 114 Å². The van der Waals surface area contributed by atoms with Crippen LogP contribution in [0, 0.1) is 0 Å². The molecule has 4 aromatic carbocycles. The van der Waals surface area contributed by atoms with Gasteiger partial charge in [-0.15, -0.1) is 0 Å². The molecule has 0 aromatic heterocycles. The van der Waals surface area contributed by atoms with Gasteiger partial charge in [0.2, 0.25) is 5.91 Å². The molecule has 41 heavy (non-hydrogen) atoms. The van der Waals surface area contributed by atoms with Gasteiger partial charge in [-0.05, 0) is 34.4 Å². The Morgan fingerprint density at radius 2 is 1.15 bits per heavy atom. The van der Waals surface area contributed by atoms with Gasteiger partial charge in [-0.1, -0.05) is 103 Å². The predicted molar refractivity (Wildman–Crippen MR) is 154 cm³/mol. The molecule has 0 bridgehead atoms. The van der Waals surface area contributed by atoms with Gasteiger partial charge >= 0.3 is 12.1 Å². The number of ether oxygens (including phenoxy) is 2. The van der Waals surface area contributed by atoms with Crippen molar-refractivity contribution in [2.24, 2.45) is 0 Å². The highest BCUT2D eigenvalue weighted by Gasteiger charge is 2.27. The SMILES string of the molecule is O=C(N[C@@H](Cc1ccccc1)C(=O)N[C@H](Cc1cccc(OCc2ccccc2)c1)C(=O)O)OCc1ccccc1. The molecular formula is C33H32N2O6. The van der Waals surface area contributed by atoms with Crippen molar-refractivity contribution < 1.29 is 29.0 Å². The maximum Gasteiger partial charge on any atom is 0.408 e. The number of nitrogens with one attached hydrogen (secondary N) is 2. The molecule has 0 radical (unpaired) electrons. The summed E-state index contributed by atoms with van der Waals surface area (Å²) in [5.74, 6) is -1.24. The van der Waals surface area contributed by atoms with E-state index in [-0.39, 0.29) is 19.4 Å². The van der Waals surface area contributed by atoms with Gasteiger partial charge in [-0.3, -0.25) is 4.79 Å². The lowest BCUT2D eigenvalue weighted by Crippen LogP contribution is -2.53. The Hall–Kier alpha value is -5.11. The van der Waals surface area contributed by atoms with Crippen LogP contribution < -0.4 is 15.4 Å². The van der Waals surface area contributed by atoms with Crippen LogP contribution in [0.4, 0.5) is 4.79 Å². The minimum absolute atomic E-state index is 0.0279. The molecule has 0 aliphatic rings. The number of carbonyl (C=O) groups is 3. The monoisotopic (exact) mass is 552 g/mol. The van der Waals surface area contributed by atoms with Crippen LogP contribution in [0.1, 0.15) is 22.3 Å².